The van der Waals surface area contributed by atoms with Crippen molar-refractivity contribution in [3.63, 3.8) is 0 Å². The summed E-state index contributed by atoms with van der Waals surface area (Å²) < 4.78 is 0. The van der Waals surface area contributed by atoms with Gasteiger partial charge in [0, 0.05) is 7.05 Å². The molecule has 0 amide bonds. The van der Waals surface area contributed by atoms with Gasteiger partial charge in [0.15, 0.2) is 0 Å². The van der Waals surface area contributed by atoms with E-state index in [2.05, 4.69) is 4.99 Å². The van der Waals surface area contributed by atoms with Crippen LogP contribution in [0.1, 0.15) is 7.43 Å². The first-order valence-corrected chi connectivity index (χ1v) is 1.04. The van der Waals surface area contributed by atoms with Crippen molar-refractivity contribution in [3.05, 3.63) is 0 Å². The van der Waals surface area contributed by atoms with Gasteiger partial charge >= 0.3 is 0 Å². The topological polar surface area (TPSA) is 38.4 Å². The highest BCUT2D eigenvalue weighted by Gasteiger charge is 1.30. The van der Waals surface area contributed by atoms with E-state index in [0.717, 1.165) is 0 Å². The summed E-state index contributed by atoms with van der Waals surface area (Å²) in [5, 5.41) is 0. The van der Waals surface area contributed by atoms with Crippen molar-refractivity contribution in [2.24, 2.45) is 10.7 Å². The second-order valence-electron chi connectivity index (χ2n) is 0.407. The van der Waals surface area contributed by atoms with Crippen LogP contribution in [0.25, 0.3) is 0 Å². The van der Waals surface area contributed by atoms with Crippen LogP contribution in [0, 0.1) is 0 Å². The maximum atomic E-state index is 4.74. The Labute approximate surface area is 32.7 Å². The van der Waals surface area contributed by atoms with Gasteiger partial charge < -0.3 is 5.73 Å². The van der Waals surface area contributed by atoms with E-state index in [1.807, 2.05) is 0 Å². The molecule has 0 atom stereocenters. The SMILES string of the molecule is C.CN=CN. The van der Waals surface area contributed by atoms with Crippen molar-refractivity contribution < 1.29 is 0 Å². The molecule has 0 radical (unpaired) electrons. The molecule has 0 saturated carbocycles. The van der Waals surface area contributed by atoms with Crippen LogP contribution in [0.2, 0.25) is 0 Å². The number of hydrogen-bond donors (Lipinski definition) is 1. The number of rotatable bonds is 0. The van der Waals surface area contributed by atoms with E-state index in [-0.39, 0.29) is 7.43 Å². The van der Waals surface area contributed by atoms with Gasteiger partial charge in [-0.1, -0.05) is 7.43 Å². The summed E-state index contributed by atoms with van der Waals surface area (Å²) in [6.45, 7) is 0. The molecule has 0 aliphatic rings. The maximum Gasteiger partial charge on any atom is 0.0794 e. The lowest BCUT2D eigenvalue weighted by Crippen LogP contribution is -1.84. The van der Waals surface area contributed by atoms with Crippen LogP contribution >= 0.6 is 0 Å². The molecule has 0 aliphatic carbocycles. The Hall–Kier alpha value is -0.530. The van der Waals surface area contributed by atoms with E-state index < -0.39 is 0 Å². The van der Waals surface area contributed by atoms with E-state index in [0.29, 0.717) is 0 Å². The van der Waals surface area contributed by atoms with Gasteiger partial charge in [0.25, 0.3) is 0 Å². The minimum Gasteiger partial charge on any atom is -0.390 e. The summed E-state index contributed by atoms with van der Waals surface area (Å²) in [7, 11) is 1.62. The highest BCUT2D eigenvalue weighted by atomic mass is 14.7. The van der Waals surface area contributed by atoms with Gasteiger partial charge in [0.2, 0.25) is 0 Å². The molecular formula is C3H10N2. The van der Waals surface area contributed by atoms with Crippen LogP contribution in [0.3, 0.4) is 0 Å². The van der Waals surface area contributed by atoms with Gasteiger partial charge in [-0.25, -0.2) is 0 Å². The minimum atomic E-state index is 0. The molecule has 0 aromatic heterocycles. The standard InChI is InChI=1S/C2H6N2.CH4/c1-4-2-3;/h2H,1H3,(H2,3,4);1H4. The summed E-state index contributed by atoms with van der Waals surface area (Å²) >= 11 is 0. The quantitative estimate of drug-likeness (QED) is 0.324. The Balaban J connectivity index is 0. The van der Waals surface area contributed by atoms with Crippen LogP contribution in [0.5, 0.6) is 0 Å². The number of hydrogen-bond acceptors (Lipinski definition) is 1. The third-order valence-electron chi connectivity index (χ3n) is 0.149. The summed E-state index contributed by atoms with van der Waals surface area (Å²) in [5.74, 6) is 0. The summed E-state index contributed by atoms with van der Waals surface area (Å²) in [4.78, 5) is 3.39. The molecule has 2 N–H and O–H groups in total. The van der Waals surface area contributed by atoms with Crippen LogP contribution in [-0.2, 0) is 0 Å². The predicted molar refractivity (Wildman–Crippen MR) is 25.3 cm³/mol. The fraction of sp³-hybridized carbons (Fsp3) is 0.667. The molecule has 5 heavy (non-hydrogen) atoms. The lowest BCUT2D eigenvalue weighted by molar-refractivity contribution is 1.45. The number of aliphatic imine (C=N–C) groups is 1. The van der Waals surface area contributed by atoms with Crippen LogP contribution < -0.4 is 5.73 Å². The van der Waals surface area contributed by atoms with E-state index in [1.54, 1.807) is 7.05 Å². The molecule has 0 heterocycles. The van der Waals surface area contributed by atoms with E-state index in [1.165, 1.54) is 6.34 Å². The number of nitrogens with zero attached hydrogens (tertiary/aromatic N) is 1. The van der Waals surface area contributed by atoms with Crippen molar-refractivity contribution in [1.82, 2.24) is 0 Å². The monoisotopic (exact) mass is 74.1 g/mol. The minimum absolute atomic E-state index is 0. The van der Waals surface area contributed by atoms with Crippen molar-refractivity contribution >= 4 is 6.34 Å². The molecule has 2 heteroatoms. The van der Waals surface area contributed by atoms with Crippen LogP contribution in [0.15, 0.2) is 4.99 Å². The summed E-state index contributed by atoms with van der Waals surface area (Å²) in [5.41, 5.74) is 4.74. The smallest absolute Gasteiger partial charge is 0.0794 e. The fourth-order valence-corrected chi connectivity index (χ4v) is 0. The van der Waals surface area contributed by atoms with Crippen molar-refractivity contribution in [1.29, 1.82) is 0 Å². The highest BCUT2D eigenvalue weighted by molar-refractivity contribution is 5.50. The zero-order chi connectivity index (χ0) is 3.41. The largest absolute Gasteiger partial charge is 0.390 e. The molecule has 2 nitrogen and oxygen atoms in total. The Morgan fingerprint density at radius 1 is 1.80 bits per heavy atom. The Bertz CT molecular complexity index is 20.1. The van der Waals surface area contributed by atoms with E-state index in [9.17, 15) is 0 Å². The maximum absolute atomic E-state index is 4.74. The molecule has 0 saturated heterocycles. The first kappa shape index (κ1) is 8.82. The molecule has 0 aromatic rings. The third-order valence-corrected chi connectivity index (χ3v) is 0.149. The normalized spacial score (nSPS) is 7.40. The van der Waals surface area contributed by atoms with Crippen molar-refractivity contribution in [3.8, 4) is 0 Å². The van der Waals surface area contributed by atoms with Gasteiger partial charge in [-0.05, 0) is 0 Å². The van der Waals surface area contributed by atoms with E-state index in [4.69, 9.17) is 5.73 Å². The van der Waals surface area contributed by atoms with Crippen LogP contribution in [-0.4, -0.2) is 13.4 Å². The Morgan fingerprint density at radius 3 is 2.00 bits per heavy atom. The average molecular weight is 74.1 g/mol. The van der Waals surface area contributed by atoms with Gasteiger partial charge in [-0.15, -0.1) is 0 Å². The first-order valence-electron chi connectivity index (χ1n) is 1.04. The zero-order valence-electron chi connectivity index (χ0n) is 2.60. The second kappa shape index (κ2) is 9.80. The molecule has 0 rings (SSSR count). The first-order chi connectivity index (χ1) is 1.91. The lowest BCUT2D eigenvalue weighted by atomic mass is 11.3. The molecule has 0 aliphatic heterocycles. The average Bonchev–Trinajstić information content (AvgIpc) is 1.37. The van der Waals surface area contributed by atoms with Gasteiger partial charge in [-0.3, -0.25) is 4.99 Å². The molecular weight excluding hydrogens is 64.0 g/mol. The fourth-order valence-electron chi connectivity index (χ4n) is 0. The van der Waals surface area contributed by atoms with Crippen molar-refractivity contribution in [2.45, 2.75) is 7.43 Å². The Morgan fingerprint density at radius 2 is 2.00 bits per heavy atom. The molecule has 0 bridgehead atoms. The summed E-state index contributed by atoms with van der Waals surface area (Å²) in [6.07, 6.45) is 1.25. The highest BCUT2D eigenvalue weighted by Crippen LogP contribution is 1.29. The predicted octanol–water partition coefficient (Wildman–Crippen LogP) is 0.239. The van der Waals surface area contributed by atoms with Crippen LogP contribution in [0.4, 0.5) is 0 Å². The van der Waals surface area contributed by atoms with Gasteiger partial charge in [-0.2, -0.15) is 0 Å². The number of nitrogens with two attached hydrogens (primary N) is 1. The lowest BCUT2D eigenvalue weighted by Gasteiger charge is -1.55. The van der Waals surface area contributed by atoms with Gasteiger partial charge in [0.05, 0.1) is 6.34 Å². The molecule has 0 fully saturated rings. The zero-order valence-corrected chi connectivity index (χ0v) is 2.60. The van der Waals surface area contributed by atoms with E-state index >= 15 is 0 Å². The third kappa shape index (κ3) is 33.9. The molecule has 32 valence electrons. The molecule has 0 unspecified atom stereocenters. The second-order valence-corrected chi connectivity index (χ2v) is 0.407. The molecule has 0 aromatic carbocycles. The van der Waals surface area contributed by atoms with Gasteiger partial charge in [0.1, 0.15) is 0 Å². The Kier molecular flexibility index (Phi) is 17.3. The van der Waals surface area contributed by atoms with Crippen molar-refractivity contribution in [2.75, 3.05) is 7.05 Å². The summed E-state index contributed by atoms with van der Waals surface area (Å²) in [6, 6.07) is 0. The molecule has 0 spiro atoms.